The highest BCUT2D eigenvalue weighted by Crippen LogP contribution is 2.12. The molecule has 0 atom stereocenters. The number of hydrogen-bond acceptors (Lipinski definition) is 2. The molecule has 0 spiro atoms. The molecule has 0 radical (unpaired) electrons. The fourth-order valence-electron chi connectivity index (χ4n) is 1.45. The zero-order chi connectivity index (χ0) is 15.9. The molecule has 1 aliphatic carbocycles. The molecule has 2 aromatic rings. The van der Waals surface area contributed by atoms with Gasteiger partial charge in [0, 0.05) is 22.1 Å². The van der Waals surface area contributed by atoms with Gasteiger partial charge in [0.05, 0.1) is 0 Å². The first-order valence-corrected chi connectivity index (χ1v) is 8.21. The minimum atomic E-state index is 1.14. The molecule has 0 saturated carbocycles. The Labute approximate surface area is 134 Å². The highest BCUT2D eigenvalue weighted by Gasteiger charge is 1.85. The molecule has 0 aliphatic heterocycles. The van der Waals surface area contributed by atoms with E-state index >= 15 is 0 Å². The van der Waals surface area contributed by atoms with Gasteiger partial charge in [0.2, 0.25) is 0 Å². The molecule has 2 heterocycles. The Morgan fingerprint density at radius 1 is 0.905 bits per heavy atom. The summed E-state index contributed by atoms with van der Waals surface area (Å²) < 4.78 is 0. The van der Waals surface area contributed by atoms with E-state index in [1.165, 1.54) is 15.3 Å². The van der Waals surface area contributed by atoms with Gasteiger partial charge in [-0.25, -0.2) is 0 Å². The fourth-order valence-corrected chi connectivity index (χ4v) is 2.23. The molecule has 0 amide bonds. The van der Waals surface area contributed by atoms with Crippen LogP contribution in [0.2, 0.25) is 0 Å². The second kappa shape index (κ2) is 13.3. The molecule has 0 N–H and O–H groups in total. The maximum absolute atomic E-state index is 3.78. The maximum atomic E-state index is 3.78. The SMILES string of the molecule is CC.CC1=CCC=C1.Cc1ccc(C)s1.c1ccncc1. The molecule has 0 unspecified atom stereocenters. The van der Waals surface area contributed by atoms with E-state index in [1.54, 1.807) is 12.4 Å². The van der Waals surface area contributed by atoms with Crippen molar-refractivity contribution in [3.05, 3.63) is 76.3 Å². The molecule has 0 saturated heterocycles. The summed E-state index contributed by atoms with van der Waals surface area (Å²) in [6.07, 6.45) is 11.2. The summed E-state index contributed by atoms with van der Waals surface area (Å²) in [5.41, 5.74) is 1.40. The van der Waals surface area contributed by atoms with Gasteiger partial charge in [0.15, 0.2) is 0 Å². The molecule has 0 bridgehead atoms. The van der Waals surface area contributed by atoms with E-state index in [-0.39, 0.29) is 0 Å². The Bertz CT molecular complexity index is 463. The van der Waals surface area contributed by atoms with E-state index in [0.717, 1.165) is 6.42 Å². The fraction of sp³-hybridized carbons (Fsp3) is 0.316. The quantitative estimate of drug-likeness (QED) is 0.551. The van der Waals surface area contributed by atoms with Gasteiger partial charge >= 0.3 is 0 Å². The first kappa shape index (κ1) is 19.3. The molecule has 2 heteroatoms. The van der Waals surface area contributed by atoms with Crippen molar-refractivity contribution < 1.29 is 0 Å². The number of pyridine rings is 1. The van der Waals surface area contributed by atoms with Gasteiger partial charge in [-0.1, -0.05) is 43.7 Å². The van der Waals surface area contributed by atoms with Crippen molar-refractivity contribution in [2.24, 2.45) is 0 Å². The van der Waals surface area contributed by atoms with Crippen LogP contribution in [-0.2, 0) is 0 Å². The van der Waals surface area contributed by atoms with Crippen LogP contribution >= 0.6 is 11.3 Å². The van der Waals surface area contributed by atoms with Gasteiger partial charge in [-0.3, -0.25) is 4.98 Å². The van der Waals surface area contributed by atoms with Crippen LogP contribution in [0.5, 0.6) is 0 Å². The minimum absolute atomic E-state index is 1.14. The topological polar surface area (TPSA) is 12.9 Å². The zero-order valence-electron chi connectivity index (χ0n) is 13.8. The smallest absolute Gasteiger partial charge is 0.0267 e. The third-order valence-corrected chi connectivity index (χ3v) is 3.31. The van der Waals surface area contributed by atoms with Crippen molar-refractivity contribution in [1.29, 1.82) is 0 Å². The molecule has 114 valence electrons. The number of thiophene rings is 1. The highest BCUT2D eigenvalue weighted by atomic mass is 32.1. The van der Waals surface area contributed by atoms with Crippen LogP contribution in [0.3, 0.4) is 0 Å². The van der Waals surface area contributed by atoms with Gasteiger partial charge in [0.1, 0.15) is 0 Å². The van der Waals surface area contributed by atoms with Crippen LogP contribution in [0, 0.1) is 13.8 Å². The average Bonchev–Trinajstić information content (AvgIpc) is 3.15. The number of aryl methyl sites for hydroxylation is 2. The van der Waals surface area contributed by atoms with Crippen LogP contribution in [0.1, 0.15) is 36.9 Å². The largest absolute Gasteiger partial charge is 0.265 e. The van der Waals surface area contributed by atoms with Crippen LogP contribution in [0.15, 0.2) is 66.5 Å². The van der Waals surface area contributed by atoms with Crippen molar-refractivity contribution in [3.8, 4) is 0 Å². The summed E-state index contributed by atoms with van der Waals surface area (Å²) in [6.45, 7) is 10.4. The number of nitrogens with zero attached hydrogens (tertiary/aromatic N) is 1. The number of allylic oxidation sites excluding steroid dienone is 4. The monoisotopic (exact) mass is 301 g/mol. The van der Waals surface area contributed by atoms with Crippen molar-refractivity contribution in [2.75, 3.05) is 0 Å². The van der Waals surface area contributed by atoms with Crippen LogP contribution in [-0.4, -0.2) is 4.98 Å². The van der Waals surface area contributed by atoms with E-state index in [4.69, 9.17) is 0 Å². The first-order valence-electron chi connectivity index (χ1n) is 7.40. The standard InChI is InChI=1S/C6H8S.C6H8.C5H5N.C2H6/c1-5-3-4-6(2)7-5;1-6-4-2-3-5-6;1-2-4-6-5-3-1;1-2/h3-4H,1-2H3;2,4-5H,3H2,1H3;1-5H;1-2H3. The molecular weight excluding hydrogens is 274 g/mol. The predicted octanol–water partition coefficient (Wildman–Crippen LogP) is 6.37. The third kappa shape index (κ3) is 11.8. The van der Waals surface area contributed by atoms with Crippen molar-refractivity contribution in [1.82, 2.24) is 4.98 Å². The molecular formula is C19H27NS. The van der Waals surface area contributed by atoms with Crippen LogP contribution in [0.25, 0.3) is 0 Å². The van der Waals surface area contributed by atoms with Crippen molar-refractivity contribution in [2.45, 2.75) is 41.0 Å². The summed E-state index contributed by atoms with van der Waals surface area (Å²) in [5.74, 6) is 0. The van der Waals surface area contributed by atoms with Gasteiger partial charge in [-0.05, 0) is 51.5 Å². The average molecular weight is 301 g/mol. The Hall–Kier alpha value is -1.67. The predicted molar refractivity (Wildman–Crippen MR) is 96.9 cm³/mol. The van der Waals surface area contributed by atoms with E-state index in [0.29, 0.717) is 0 Å². The number of hydrogen-bond donors (Lipinski definition) is 0. The second-order valence-corrected chi connectivity index (χ2v) is 5.76. The summed E-state index contributed by atoms with van der Waals surface area (Å²) in [4.78, 5) is 6.59. The molecule has 0 fully saturated rings. The molecule has 1 nitrogen and oxygen atoms in total. The Morgan fingerprint density at radius 2 is 1.48 bits per heavy atom. The Morgan fingerprint density at radius 3 is 1.62 bits per heavy atom. The summed E-state index contributed by atoms with van der Waals surface area (Å²) in [5, 5.41) is 0. The lowest BCUT2D eigenvalue weighted by molar-refractivity contribution is 1.33. The van der Waals surface area contributed by atoms with E-state index in [2.05, 4.69) is 56.1 Å². The lowest BCUT2D eigenvalue weighted by Crippen LogP contribution is -1.58. The Kier molecular flexibility index (Phi) is 12.3. The minimum Gasteiger partial charge on any atom is -0.265 e. The van der Waals surface area contributed by atoms with Crippen LogP contribution in [0.4, 0.5) is 0 Å². The van der Waals surface area contributed by atoms with E-state index in [1.807, 2.05) is 43.4 Å². The summed E-state index contributed by atoms with van der Waals surface area (Å²) in [6, 6.07) is 9.99. The second-order valence-electron chi connectivity index (χ2n) is 4.27. The van der Waals surface area contributed by atoms with Gasteiger partial charge < -0.3 is 0 Å². The maximum Gasteiger partial charge on any atom is 0.0267 e. The summed E-state index contributed by atoms with van der Waals surface area (Å²) >= 11 is 1.84. The summed E-state index contributed by atoms with van der Waals surface area (Å²) in [7, 11) is 0. The molecule has 0 aromatic carbocycles. The first-order chi connectivity index (χ1) is 10.2. The molecule has 1 aliphatic rings. The van der Waals surface area contributed by atoms with E-state index < -0.39 is 0 Å². The molecule has 21 heavy (non-hydrogen) atoms. The van der Waals surface area contributed by atoms with Crippen LogP contribution < -0.4 is 0 Å². The lowest BCUT2D eigenvalue weighted by atomic mass is 10.3. The number of rotatable bonds is 0. The zero-order valence-corrected chi connectivity index (χ0v) is 14.7. The van der Waals surface area contributed by atoms with Crippen molar-refractivity contribution >= 4 is 11.3 Å². The lowest BCUT2D eigenvalue weighted by Gasteiger charge is -1.72. The normalized spacial score (nSPS) is 11.0. The highest BCUT2D eigenvalue weighted by molar-refractivity contribution is 7.11. The third-order valence-electron chi connectivity index (χ3n) is 2.40. The molecule has 2 aromatic heterocycles. The number of aromatic nitrogens is 1. The van der Waals surface area contributed by atoms with Gasteiger partial charge in [-0.15, -0.1) is 11.3 Å². The van der Waals surface area contributed by atoms with Gasteiger partial charge in [-0.2, -0.15) is 0 Å². The Balaban J connectivity index is 0.000000271. The molecule has 3 rings (SSSR count). The van der Waals surface area contributed by atoms with E-state index in [9.17, 15) is 0 Å². The van der Waals surface area contributed by atoms with Crippen molar-refractivity contribution in [3.63, 3.8) is 0 Å². The van der Waals surface area contributed by atoms with Gasteiger partial charge in [0.25, 0.3) is 0 Å².